The van der Waals surface area contributed by atoms with Crippen LogP contribution in [0.3, 0.4) is 0 Å². The fourth-order valence-corrected chi connectivity index (χ4v) is 5.49. The number of likely N-dealkylation sites (tertiary alicyclic amines) is 1. The molecule has 0 amide bonds. The molecule has 1 aliphatic carbocycles. The van der Waals surface area contributed by atoms with Crippen LogP contribution in [0, 0.1) is 5.92 Å². The standard InChI is InChI=1S/C27H34N2O/c1-3-7-22(8-4-1)20-29-17-15-21(16-18-29)11-14-26-25-13-12-24(19-27(25)30-28-26)23-9-5-2-6-10-23/h1,3-4,7-8,12-13,19,21,23H,2,5-6,9-11,14-18,20H2. The summed E-state index contributed by atoms with van der Waals surface area (Å²) in [6.45, 7) is 3.51. The van der Waals surface area contributed by atoms with E-state index in [0.29, 0.717) is 0 Å². The largest absolute Gasteiger partial charge is 0.356 e. The van der Waals surface area contributed by atoms with Crippen LogP contribution >= 0.6 is 0 Å². The summed E-state index contributed by atoms with van der Waals surface area (Å²) in [6, 6.07) is 17.7. The van der Waals surface area contributed by atoms with Crippen LogP contribution in [0.5, 0.6) is 0 Å². The maximum absolute atomic E-state index is 5.75. The van der Waals surface area contributed by atoms with Crippen molar-refractivity contribution in [1.82, 2.24) is 10.1 Å². The lowest BCUT2D eigenvalue weighted by molar-refractivity contribution is 0.172. The van der Waals surface area contributed by atoms with E-state index in [0.717, 1.165) is 36.1 Å². The second-order valence-corrected chi connectivity index (χ2v) is 9.46. The number of piperidine rings is 1. The Bertz CT molecular complexity index is 934. The predicted molar refractivity (Wildman–Crippen MR) is 123 cm³/mol. The van der Waals surface area contributed by atoms with Gasteiger partial charge in [0.15, 0.2) is 5.58 Å². The minimum atomic E-state index is 0.720. The molecule has 0 radical (unpaired) electrons. The average molecular weight is 403 g/mol. The van der Waals surface area contributed by atoms with Crippen LogP contribution in [0.15, 0.2) is 53.1 Å². The van der Waals surface area contributed by atoms with Crippen LogP contribution in [-0.2, 0) is 13.0 Å². The Morgan fingerprint density at radius 3 is 2.50 bits per heavy atom. The Morgan fingerprint density at radius 1 is 0.900 bits per heavy atom. The molecule has 158 valence electrons. The average Bonchev–Trinajstić information content (AvgIpc) is 3.22. The summed E-state index contributed by atoms with van der Waals surface area (Å²) in [7, 11) is 0. The quantitative estimate of drug-likeness (QED) is 0.458. The van der Waals surface area contributed by atoms with Crippen molar-refractivity contribution in [3.05, 3.63) is 65.4 Å². The molecule has 2 aliphatic rings. The fourth-order valence-electron chi connectivity index (χ4n) is 5.49. The first-order chi connectivity index (χ1) is 14.8. The molecule has 1 saturated carbocycles. The summed E-state index contributed by atoms with van der Waals surface area (Å²) in [5.41, 5.74) is 5.03. The van der Waals surface area contributed by atoms with Gasteiger partial charge in [-0.3, -0.25) is 4.90 Å². The Balaban J connectivity index is 1.14. The Morgan fingerprint density at radius 2 is 1.70 bits per heavy atom. The van der Waals surface area contributed by atoms with Gasteiger partial charge in [0, 0.05) is 11.9 Å². The van der Waals surface area contributed by atoms with Crippen molar-refractivity contribution >= 4 is 11.0 Å². The second kappa shape index (κ2) is 9.34. The molecule has 0 atom stereocenters. The van der Waals surface area contributed by atoms with E-state index in [1.807, 2.05) is 0 Å². The minimum absolute atomic E-state index is 0.720. The number of aryl methyl sites for hydroxylation is 1. The maximum Gasteiger partial charge on any atom is 0.167 e. The van der Waals surface area contributed by atoms with E-state index in [-0.39, 0.29) is 0 Å². The molecule has 2 fully saturated rings. The molecule has 0 N–H and O–H groups in total. The van der Waals surface area contributed by atoms with Gasteiger partial charge in [-0.05, 0) is 86.7 Å². The number of nitrogens with zero attached hydrogens (tertiary/aromatic N) is 2. The lowest BCUT2D eigenvalue weighted by Gasteiger charge is -2.31. The number of fused-ring (bicyclic) bond motifs is 1. The minimum Gasteiger partial charge on any atom is -0.356 e. The van der Waals surface area contributed by atoms with Crippen LogP contribution in [0.4, 0.5) is 0 Å². The number of hydrogen-bond donors (Lipinski definition) is 0. The van der Waals surface area contributed by atoms with Gasteiger partial charge in [-0.1, -0.05) is 60.8 Å². The second-order valence-electron chi connectivity index (χ2n) is 9.46. The monoisotopic (exact) mass is 402 g/mol. The van der Waals surface area contributed by atoms with Crippen LogP contribution in [0.1, 0.15) is 74.1 Å². The van der Waals surface area contributed by atoms with Crippen molar-refractivity contribution in [3.63, 3.8) is 0 Å². The highest BCUT2D eigenvalue weighted by atomic mass is 16.5. The summed E-state index contributed by atoms with van der Waals surface area (Å²) in [4.78, 5) is 2.60. The van der Waals surface area contributed by atoms with Crippen LogP contribution in [0.25, 0.3) is 11.0 Å². The van der Waals surface area contributed by atoms with Crippen LogP contribution in [-0.4, -0.2) is 23.1 Å². The van der Waals surface area contributed by atoms with E-state index in [4.69, 9.17) is 4.52 Å². The van der Waals surface area contributed by atoms with Gasteiger partial charge in [0.1, 0.15) is 0 Å². The lowest BCUT2D eigenvalue weighted by atomic mass is 9.84. The molecule has 0 spiro atoms. The molecule has 1 saturated heterocycles. The van der Waals surface area contributed by atoms with Gasteiger partial charge >= 0.3 is 0 Å². The van der Waals surface area contributed by atoms with Crippen molar-refractivity contribution in [2.45, 2.75) is 70.3 Å². The first-order valence-electron chi connectivity index (χ1n) is 12.0. The van der Waals surface area contributed by atoms with Crippen molar-refractivity contribution in [2.75, 3.05) is 13.1 Å². The predicted octanol–water partition coefficient (Wildman–Crippen LogP) is 6.72. The van der Waals surface area contributed by atoms with Crippen molar-refractivity contribution in [2.24, 2.45) is 5.92 Å². The third-order valence-electron chi connectivity index (χ3n) is 7.39. The van der Waals surface area contributed by atoms with Crippen LogP contribution < -0.4 is 0 Å². The molecule has 1 aliphatic heterocycles. The highest BCUT2D eigenvalue weighted by Gasteiger charge is 2.21. The highest BCUT2D eigenvalue weighted by molar-refractivity contribution is 5.80. The first-order valence-corrected chi connectivity index (χ1v) is 12.0. The zero-order chi connectivity index (χ0) is 20.2. The number of benzene rings is 2. The Hall–Kier alpha value is -2.13. The Labute approximate surface area is 180 Å². The molecule has 3 nitrogen and oxygen atoms in total. The summed E-state index contributed by atoms with van der Waals surface area (Å²) in [5, 5.41) is 5.68. The van der Waals surface area contributed by atoms with Gasteiger partial charge in [-0.25, -0.2) is 0 Å². The summed E-state index contributed by atoms with van der Waals surface area (Å²) in [5.74, 6) is 1.53. The molecule has 5 rings (SSSR count). The van der Waals surface area contributed by atoms with Crippen molar-refractivity contribution in [3.8, 4) is 0 Å². The van der Waals surface area contributed by atoms with Gasteiger partial charge in [0.05, 0.1) is 5.69 Å². The van der Waals surface area contributed by atoms with E-state index >= 15 is 0 Å². The summed E-state index contributed by atoms with van der Waals surface area (Å²) >= 11 is 0. The van der Waals surface area contributed by atoms with Crippen LogP contribution in [0.2, 0.25) is 0 Å². The molecular formula is C27H34N2O. The lowest BCUT2D eigenvalue weighted by Crippen LogP contribution is -2.33. The molecule has 2 aromatic carbocycles. The zero-order valence-electron chi connectivity index (χ0n) is 18.1. The number of aromatic nitrogens is 1. The van der Waals surface area contributed by atoms with E-state index in [9.17, 15) is 0 Å². The molecule has 3 aromatic rings. The molecule has 1 aromatic heterocycles. The van der Waals surface area contributed by atoms with Crippen molar-refractivity contribution in [1.29, 1.82) is 0 Å². The van der Waals surface area contributed by atoms with Gasteiger partial charge in [-0.2, -0.15) is 0 Å². The van der Waals surface area contributed by atoms with Gasteiger partial charge < -0.3 is 4.52 Å². The maximum atomic E-state index is 5.75. The molecule has 0 bridgehead atoms. The van der Waals surface area contributed by atoms with E-state index in [1.165, 1.54) is 81.0 Å². The SMILES string of the molecule is c1ccc(CN2CCC(CCc3noc4cc(C5CCCCC5)ccc34)CC2)cc1. The first kappa shape index (κ1) is 19.8. The molecule has 30 heavy (non-hydrogen) atoms. The highest BCUT2D eigenvalue weighted by Crippen LogP contribution is 2.35. The van der Waals surface area contributed by atoms with Gasteiger partial charge in [-0.15, -0.1) is 0 Å². The molecule has 0 unspecified atom stereocenters. The number of hydrogen-bond acceptors (Lipinski definition) is 3. The fraction of sp³-hybridized carbons (Fsp3) is 0.519. The normalized spacial score (nSPS) is 19.5. The summed E-state index contributed by atoms with van der Waals surface area (Å²) < 4.78 is 5.75. The summed E-state index contributed by atoms with van der Waals surface area (Å²) in [6.07, 6.45) is 11.7. The van der Waals surface area contributed by atoms with Gasteiger partial charge in [0.2, 0.25) is 0 Å². The smallest absolute Gasteiger partial charge is 0.167 e. The van der Waals surface area contributed by atoms with E-state index in [2.05, 4.69) is 58.6 Å². The third-order valence-corrected chi connectivity index (χ3v) is 7.39. The zero-order valence-corrected chi connectivity index (χ0v) is 18.1. The molecule has 2 heterocycles. The molecular weight excluding hydrogens is 368 g/mol. The van der Waals surface area contributed by atoms with E-state index in [1.54, 1.807) is 0 Å². The van der Waals surface area contributed by atoms with Crippen molar-refractivity contribution < 1.29 is 4.52 Å². The van der Waals surface area contributed by atoms with Gasteiger partial charge in [0.25, 0.3) is 0 Å². The number of rotatable bonds is 6. The van der Waals surface area contributed by atoms with E-state index < -0.39 is 0 Å². The topological polar surface area (TPSA) is 29.3 Å². The molecule has 3 heteroatoms. The third kappa shape index (κ3) is 4.62. The Kier molecular flexibility index (Phi) is 6.17.